The van der Waals surface area contributed by atoms with Crippen molar-refractivity contribution in [3.63, 3.8) is 0 Å². The van der Waals surface area contributed by atoms with Gasteiger partial charge in [-0.05, 0) is 12.5 Å². The number of alkyl halides is 1. The zero-order valence-corrected chi connectivity index (χ0v) is 8.26. The smallest absolute Gasteiger partial charge is 0.310 e. The highest BCUT2D eigenvalue weighted by Gasteiger charge is 2.61. The summed E-state index contributed by atoms with van der Waals surface area (Å²) in [7, 11) is 1.31. The molecule has 0 amide bonds. The fourth-order valence-electron chi connectivity index (χ4n) is 1.09. The van der Waals surface area contributed by atoms with Gasteiger partial charge in [0.1, 0.15) is 4.32 Å². The summed E-state index contributed by atoms with van der Waals surface area (Å²) < 4.78 is 3.79. The first-order valence-electron chi connectivity index (χ1n) is 3.50. The van der Waals surface area contributed by atoms with E-state index in [2.05, 4.69) is 27.2 Å². The van der Waals surface area contributed by atoms with E-state index >= 15 is 0 Å². The summed E-state index contributed by atoms with van der Waals surface area (Å²) in [4.78, 5) is 22.1. The molecule has 4 heteroatoms. The van der Waals surface area contributed by atoms with Crippen LogP contribution >= 0.6 is 15.9 Å². The van der Waals surface area contributed by atoms with E-state index < -0.39 is 4.32 Å². The zero-order valence-electron chi connectivity index (χ0n) is 6.67. The van der Waals surface area contributed by atoms with E-state index in [-0.39, 0.29) is 17.7 Å². The lowest BCUT2D eigenvalue weighted by atomic mass is 10.2. The fourth-order valence-corrected chi connectivity index (χ4v) is 1.77. The molecular formula is C8H9BrO3. The number of carbonyl (C=O) groups is 2. The van der Waals surface area contributed by atoms with Gasteiger partial charge in [-0.2, -0.15) is 0 Å². The van der Waals surface area contributed by atoms with Crippen LogP contribution in [0.3, 0.4) is 0 Å². The molecule has 1 saturated carbocycles. The average molecular weight is 233 g/mol. The Morgan fingerprint density at radius 3 is 2.75 bits per heavy atom. The van der Waals surface area contributed by atoms with Crippen molar-refractivity contribution in [2.24, 2.45) is 5.92 Å². The molecule has 1 aliphatic carbocycles. The molecule has 0 spiro atoms. The molecule has 0 heterocycles. The van der Waals surface area contributed by atoms with Gasteiger partial charge < -0.3 is 4.74 Å². The van der Waals surface area contributed by atoms with Crippen LogP contribution in [0.25, 0.3) is 0 Å². The maximum Gasteiger partial charge on any atom is 0.310 e. The number of halogens is 1. The summed E-state index contributed by atoms with van der Waals surface area (Å²) in [6, 6.07) is 0. The second-order valence-electron chi connectivity index (χ2n) is 2.71. The lowest BCUT2D eigenvalue weighted by molar-refractivity contribution is -0.142. The Morgan fingerprint density at radius 1 is 1.75 bits per heavy atom. The highest BCUT2D eigenvalue weighted by molar-refractivity contribution is 9.10. The normalized spacial score (nSPS) is 32.3. The number of hydrogen-bond donors (Lipinski definition) is 0. The van der Waals surface area contributed by atoms with E-state index in [9.17, 15) is 9.59 Å². The highest BCUT2D eigenvalue weighted by atomic mass is 79.9. The van der Waals surface area contributed by atoms with Crippen LogP contribution in [0.15, 0.2) is 12.7 Å². The van der Waals surface area contributed by atoms with E-state index in [1.807, 2.05) is 0 Å². The Labute approximate surface area is 78.9 Å². The molecule has 0 aromatic heterocycles. The number of carbonyl (C=O) groups excluding carboxylic acids is 2. The fraction of sp³-hybridized carbons (Fsp3) is 0.500. The molecule has 1 aliphatic rings. The molecule has 1 fully saturated rings. The molecule has 0 radical (unpaired) electrons. The summed E-state index contributed by atoms with van der Waals surface area (Å²) in [5.41, 5.74) is 0. The largest absolute Gasteiger partial charge is 0.469 e. The van der Waals surface area contributed by atoms with Gasteiger partial charge >= 0.3 is 5.97 Å². The molecule has 0 saturated heterocycles. The lowest BCUT2D eigenvalue weighted by Crippen LogP contribution is -2.19. The molecular weight excluding hydrogens is 224 g/mol. The van der Waals surface area contributed by atoms with Crippen molar-refractivity contribution in [1.29, 1.82) is 0 Å². The maximum atomic E-state index is 11.2. The van der Waals surface area contributed by atoms with Gasteiger partial charge in [0.25, 0.3) is 0 Å². The number of rotatable bonds is 3. The van der Waals surface area contributed by atoms with Crippen molar-refractivity contribution >= 4 is 27.7 Å². The minimum atomic E-state index is -0.720. The molecule has 12 heavy (non-hydrogen) atoms. The predicted molar refractivity (Wildman–Crippen MR) is 47.0 cm³/mol. The molecule has 0 N–H and O–H groups in total. The van der Waals surface area contributed by atoms with Crippen molar-refractivity contribution in [1.82, 2.24) is 0 Å². The Kier molecular flexibility index (Phi) is 2.37. The number of methoxy groups -OCH3 is 1. The third-order valence-corrected chi connectivity index (χ3v) is 3.24. The monoisotopic (exact) mass is 232 g/mol. The van der Waals surface area contributed by atoms with E-state index in [0.29, 0.717) is 6.42 Å². The molecule has 2 atom stereocenters. The van der Waals surface area contributed by atoms with E-state index in [4.69, 9.17) is 0 Å². The SMILES string of the molecule is C=CC(=O)C1(Br)CC1C(=O)OC. The number of esters is 1. The molecule has 0 aromatic rings. The first kappa shape index (κ1) is 9.45. The summed E-state index contributed by atoms with van der Waals surface area (Å²) in [5, 5.41) is 0. The van der Waals surface area contributed by atoms with Crippen molar-refractivity contribution in [2.45, 2.75) is 10.7 Å². The molecule has 1 rings (SSSR count). The molecule has 3 nitrogen and oxygen atoms in total. The Bertz CT molecular complexity index is 249. The van der Waals surface area contributed by atoms with Crippen LogP contribution in [-0.4, -0.2) is 23.2 Å². The van der Waals surface area contributed by atoms with Crippen LogP contribution in [0.4, 0.5) is 0 Å². The zero-order chi connectivity index (χ0) is 9.35. The van der Waals surface area contributed by atoms with E-state index in [0.717, 1.165) is 0 Å². The van der Waals surface area contributed by atoms with Gasteiger partial charge in [0.05, 0.1) is 13.0 Å². The van der Waals surface area contributed by atoms with Crippen LogP contribution < -0.4 is 0 Å². The van der Waals surface area contributed by atoms with Gasteiger partial charge in [-0.3, -0.25) is 9.59 Å². The van der Waals surface area contributed by atoms with Gasteiger partial charge in [-0.15, -0.1) is 0 Å². The number of ether oxygens (including phenoxy) is 1. The van der Waals surface area contributed by atoms with Gasteiger partial charge in [-0.1, -0.05) is 22.5 Å². The number of ketones is 1. The summed E-state index contributed by atoms with van der Waals surface area (Å²) in [6.45, 7) is 3.36. The minimum absolute atomic E-state index is 0.155. The third-order valence-electron chi connectivity index (χ3n) is 1.97. The van der Waals surface area contributed by atoms with Crippen LogP contribution in [0.5, 0.6) is 0 Å². The van der Waals surface area contributed by atoms with Crippen molar-refractivity contribution in [2.75, 3.05) is 7.11 Å². The second-order valence-corrected chi connectivity index (χ2v) is 4.13. The van der Waals surface area contributed by atoms with E-state index in [1.165, 1.54) is 13.2 Å². The van der Waals surface area contributed by atoms with E-state index in [1.54, 1.807) is 0 Å². The van der Waals surface area contributed by atoms with Crippen molar-refractivity contribution in [3.05, 3.63) is 12.7 Å². The molecule has 0 aromatic carbocycles. The Hall–Kier alpha value is -0.640. The number of hydrogen-bond acceptors (Lipinski definition) is 3. The summed E-state index contributed by atoms with van der Waals surface area (Å²) in [5.74, 6) is -0.840. The van der Waals surface area contributed by atoms with Gasteiger partial charge in [-0.25, -0.2) is 0 Å². The van der Waals surface area contributed by atoms with Crippen LogP contribution in [-0.2, 0) is 14.3 Å². The Morgan fingerprint density at radius 2 is 2.33 bits per heavy atom. The maximum absolute atomic E-state index is 11.2. The molecule has 0 aliphatic heterocycles. The lowest BCUT2D eigenvalue weighted by Gasteiger charge is -2.02. The first-order valence-corrected chi connectivity index (χ1v) is 4.29. The van der Waals surface area contributed by atoms with Crippen LogP contribution in [0, 0.1) is 5.92 Å². The summed E-state index contributed by atoms with van der Waals surface area (Å²) in [6.07, 6.45) is 1.72. The highest BCUT2D eigenvalue weighted by Crippen LogP contribution is 2.52. The third kappa shape index (κ3) is 1.31. The molecule has 66 valence electrons. The second kappa shape index (κ2) is 3.01. The predicted octanol–water partition coefficient (Wildman–Crippen LogP) is 1.07. The standard InChI is InChI=1S/C8H9BrO3/c1-3-6(10)8(9)4-5(8)7(11)12-2/h3,5H,1,4H2,2H3. The van der Waals surface area contributed by atoms with Crippen molar-refractivity contribution in [3.8, 4) is 0 Å². The molecule has 0 bridgehead atoms. The molecule has 2 unspecified atom stereocenters. The van der Waals surface area contributed by atoms with Gasteiger partial charge in [0.2, 0.25) is 0 Å². The number of allylic oxidation sites excluding steroid dienone is 1. The quantitative estimate of drug-likeness (QED) is 0.416. The van der Waals surface area contributed by atoms with Crippen LogP contribution in [0.1, 0.15) is 6.42 Å². The Balaban J connectivity index is 2.65. The average Bonchev–Trinajstić information content (AvgIpc) is 2.76. The van der Waals surface area contributed by atoms with Gasteiger partial charge in [0, 0.05) is 0 Å². The minimum Gasteiger partial charge on any atom is -0.469 e. The first-order chi connectivity index (χ1) is 5.56. The topological polar surface area (TPSA) is 43.4 Å². The van der Waals surface area contributed by atoms with Crippen molar-refractivity contribution < 1.29 is 14.3 Å². The van der Waals surface area contributed by atoms with Gasteiger partial charge in [0.15, 0.2) is 5.78 Å². The van der Waals surface area contributed by atoms with Crippen LogP contribution in [0.2, 0.25) is 0 Å². The summed E-state index contributed by atoms with van der Waals surface area (Å²) >= 11 is 3.20.